The minimum atomic E-state index is 0.507. The number of piperidine rings is 1. The van der Waals surface area contributed by atoms with Crippen LogP contribution in [0.3, 0.4) is 0 Å². The fourth-order valence-electron chi connectivity index (χ4n) is 5.25. The van der Waals surface area contributed by atoms with Crippen molar-refractivity contribution in [2.75, 3.05) is 20.3 Å². The van der Waals surface area contributed by atoms with Crippen molar-refractivity contribution in [3.8, 4) is 5.75 Å². The van der Waals surface area contributed by atoms with Crippen LogP contribution in [0.4, 0.5) is 0 Å². The largest absolute Gasteiger partial charge is 0.497 e. The summed E-state index contributed by atoms with van der Waals surface area (Å²) in [6, 6.07) is 7.64. The molecule has 0 radical (unpaired) electrons. The summed E-state index contributed by atoms with van der Waals surface area (Å²) in [5.74, 6) is 2.34. The number of fused-ring (bicyclic) bond motifs is 3. The molecule has 2 aromatic rings. The third kappa shape index (κ3) is 3.79. The lowest BCUT2D eigenvalue weighted by molar-refractivity contribution is -0.0276. The van der Waals surface area contributed by atoms with Gasteiger partial charge in [0.25, 0.3) is 0 Å². The Morgan fingerprint density at radius 3 is 2.61 bits per heavy atom. The van der Waals surface area contributed by atoms with Crippen LogP contribution >= 0.6 is 0 Å². The average molecular weight is 384 g/mol. The summed E-state index contributed by atoms with van der Waals surface area (Å²) in [6.07, 6.45) is 10.4. The van der Waals surface area contributed by atoms with E-state index in [1.807, 2.05) is 12.3 Å². The van der Waals surface area contributed by atoms with E-state index in [0.29, 0.717) is 12.0 Å². The molecular formula is C23H33N3O2. The minimum absolute atomic E-state index is 0.507. The van der Waals surface area contributed by atoms with E-state index in [-0.39, 0.29) is 0 Å². The summed E-state index contributed by atoms with van der Waals surface area (Å²) < 4.78 is 13.8. The van der Waals surface area contributed by atoms with Gasteiger partial charge in [-0.1, -0.05) is 6.92 Å². The molecule has 28 heavy (non-hydrogen) atoms. The van der Waals surface area contributed by atoms with Crippen LogP contribution in [0.15, 0.2) is 24.4 Å². The van der Waals surface area contributed by atoms with Crippen molar-refractivity contribution >= 4 is 10.9 Å². The van der Waals surface area contributed by atoms with Crippen molar-refractivity contribution in [1.82, 2.24) is 14.7 Å². The van der Waals surface area contributed by atoms with E-state index >= 15 is 0 Å². The van der Waals surface area contributed by atoms with Gasteiger partial charge in [0.1, 0.15) is 5.75 Å². The van der Waals surface area contributed by atoms with Crippen LogP contribution in [-0.2, 0) is 11.3 Å². The highest BCUT2D eigenvalue weighted by Gasteiger charge is 2.41. The van der Waals surface area contributed by atoms with Crippen LogP contribution in [-0.4, -0.2) is 53.1 Å². The van der Waals surface area contributed by atoms with Gasteiger partial charge >= 0.3 is 0 Å². The maximum atomic E-state index is 6.24. The van der Waals surface area contributed by atoms with Crippen LogP contribution in [0.5, 0.6) is 5.75 Å². The first-order chi connectivity index (χ1) is 13.7. The smallest absolute Gasteiger partial charge is 0.121 e. The van der Waals surface area contributed by atoms with E-state index in [9.17, 15) is 0 Å². The molecule has 4 atom stereocenters. The molecule has 0 N–H and O–H groups in total. The molecule has 3 unspecified atom stereocenters. The molecule has 2 bridgehead atoms. The van der Waals surface area contributed by atoms with Gasteiger partial charge in [-0.2, -0.15) is 5.10 Å². The van der Waals surface area contributed by atoms with Crippen molar-refractivity contribution in [3.05, 3.63) is 24.4 Å². The number of aromatic nitrogens is 2. The third-order valence-corrected chi connectivity index (χ3v) is 6.96. The third-order valence-electron chi connectivity index (χ3n) is 6.96. The van der Waals surface area contributed by atoms with Crippen LogP contribution in [0.25, 0.3) is 10.9 Å². The Bertz CT molecular complexity index is 801. The first-order valence-corrected chi connectivity index (χ1v) is 11.1. The molecule has 3 heterocycles. The van der Waals surface area contributed by atoms with Gasteiger partial charge in [-0.15, -0.1) is 0 Å². The van der Waals surface area contributed by atoms with Crippen molar-refractivity contribution in [3.63, 3.8) is 0 Å². The molecule has 5 heteroatoms. The van der Waals surface area contributed by atoms with Crippen molar-refractivity contribution in [1.29, 1.82) is 0 Å². The van der Waals surface area contributed by atoms with Crippen LogP contribution in [0, 0.1) is 11.8 Å². The second-order valence-electron chi connectivity index (χ2n) is 9.31. The van der Waals surface area contributed by atoms with E-state index in [0.717, 1.165) is 43.4 Å². The van der Waals surface area contributed by atoms with E-state index in [2.05, 4.69) is 33.7 Å². The Morgan fingerprint density at radius 2 is 1.89 bits per heavy atom. The minimum Gasteiger partial charge on any atom is -0.497 e. The van der Waals surface area contributed by atoms with Gasteiger partial charge < -0.3 is 9.47 Å². The Morgan fingerprint density at radius 1 is 1.11 bits per heavy atom. The lowest BCUT2D eigenvalue weighted by atomic mass is 9.98. The molecule has 1 saturated carbocycles. The lowest BCUT2D eigenvalue weighted by Gasteiger charge is -2.40. The zero-order chi connectivity index (χ0) is 19.1. The molecule has 5 rings (SSSR count). The first kappa shape index (κ1) is 18.4. The second-order valence-corrected chi connectivity index (χ2v) is 9.31. The summed E-state index contributed by atoms with van der Waals surface area (Å²) in [6.45, 7) is 5.49. The van der Waals surface area contributed by atoms with Gasteiger partial charge in [-0.25, -0.2) is 0 Å². The summed E-state index contributed by atoms with van der Waals surface area (Å²) >= 11 is 0. The normalized spacial score (nSPS) is 28.7. The van der Waals surface area contributed by atoms with Crippen LogP contribution in [0.2, 0.25) is 0 Å². The van der Waals surface area contributed by atoms with Gasteiger partial charge in [0.05, 0.1) is 24.9 Å². The van der Waals surface area contributed by atoms with E-state index in [4.69, 9.17) is 9.47 Å². The zero-order valence-electron chi connectivity index (χ0n) is 17.2. The molecule has 1 aromatic carbocycles. The summed E-state index contributed by atoms with van der Waals surface area (Å²) in [4.78, 5) is 2.79. The average Bonchev–Trinajstić information content (AvgIpc) is 3.42. The predicted octanol–water partition coefficient (Wildman–Crippen LogP) is 4.10. The fraction of sp³-hybridized carbons (Fsp3) is 0.696. The van der Waals surface area contributed by atoms with Crippen molar-refractivity contribution in [2.45, 2.75) is 70.2 Å². The number of hydrogen-bond donors (Lipinski definition) is 0. The maximum Gasteiger partial charge on any atom is 0.121 e. The van der Waals surface area contributed by atoms with Gasteiger partial charge in [0.15, 0.2) is 0 Å². The number of ether oxygens (including phenoxy) is 2. The Hall–Kier alpha value is -1.59. The van der Waals surface area contributed by atoms with Gasteiger partial charge in [0.2, 0.25) is 0 Å². The highest BCUT2D eigenvalue weighted by molar-refractivity contribution is 5.80. The molecular weight excluding hydrogens is 350 g/mol. The number of nitrogens with zero attached hydrogens (tertiary/aromatic N) is 3. The molecule has 0 spiro atoms. The molecule has 3 fully saturated rings. The summed E-state index contributed by atoms with van der Waals surface area (Å²) in [7, 11) is 1.72. The zero-order valence-corrected chi connectivity index (χ0v) is 17.2. The quantitative estimate of drug-likeness (QED) is 0.688. The predicted molar refractivity (Wildman–Crippen MR) is 111 cm³/mol. The topological polar surface area (TPSA) is 39.5 Å². The second kappa shape index (κ2) is 7.68. The molecule has 152 valence electrons. The lowest BCUT2D eigenvalue weighted by Crippen LogP contribution is -2.47. The molecule has 1 aliphatic carbocycles. The van der Waals surface area contributed by atoms with Gasteiger partial charge in [-0.05, 0) is 62.5 Å². The monoisotopic (exact) mass is 383 g/mol. The molecule has 3 aliphatic rings. The van der Waals surface area contributed by atoms with E-state index < -0.39 is 0 Å². The first-order valence-electron chi connectivity index (χ1n) is 11.1. The molecule has 0 amide bonds. The Kier molecular flexibility index (Phi) is 5.06. The number of rotatable bonds is 8. The maximum absolute atomic E-state index is 6.24. The number of benzene rings is 1. The van der Waals surface area contributed by atoms with Gasteiger partial charge in [-0.3, -0.25) is 9.58 Å². The van der Waals surface area contributed by atoms with Crippen molar-refractivity contribution in [2.24, 2.45) is 11.8 Å². The molecule has 2 saturated heterocycles. The Balaban J connectivity index is 1.20. The standard InChI is InChI=1S/C23H33N3O2/c1-16(14-26-23-11-21(27-2)8-5-18(23)12-24-26)13-25-19-6-7-20(25)10-22(9-19)28-15-17-3-4-17/h5,8,11-12,16-17,19-20,22H,3-4,6-7,9-10,13-15H2,1-2H3/t16?,19-,20?,22?/m1/s1. The van der Waals surface area contributed by atoms with Crippen LogP contribution in [0.1, 0.15) is 45.4 Å². The van der Waals surface area contributed by atoms with Crippen molar-refractivity contribution < 1.29 is 9.47 Å². The number of hydrogen-bond acceptors (Lipinski definition) is 4. The number of methoxy groups -OCH3 is 1. The SMILES string of the molecule is COc1ccc2cnn(CC(C)CN3C4CC[C@@H]3CC(OCC3CC3)C4)c2c1. The Labute approximate surface area is 168 Å². The van der Waals surface area contributed by atoms with E-state index in [1.165, 1.54) is 49.4 Å². The molecule has 1 aromatic heterocycles. The van der Waals surface area contributed by atoms with Gasteiger partial charge in [0, 0.05) is 43.2 Å². The molecule has 2 aliphatic heterocycles. The van der Waals surface area contributed by atoms with E-state index in [1.54, 1.807) is 7.11 Å². The molecule has 5 nitrogen and oxygen atoms in total. The van der Waals surface area contributed by atoms with Crippen LogP contribution < -0.4 is 4.74 Å². The highest BCUT2D eigenvalue weighted by Crippen LogP contribution is 2.38. The summed E-state index contributed by atoms with van der Waals surface area (Å²) in [5, 5.41) is 5.82. The highest BCUT2D eigenvalue weighted by atomic mass is 16.5. The fourth-order valence-corrected chi connectivity index (χ4v) is 5.25. The summed E-state index contributed by atoms with van der Waals surface area (Å²) in [5.41, 5.74) is 1.17.